The van der Waals surface area contributed by atoms with Gasteiger partial charge in [-0.2, -0.15) is 0 Å². The molecule has 16 heavy (non-hydrogen) atoms. The van der Waals surface area contributed by atoms with E-state index in [1.807, 2.05) is 20.8 Å². The van der Waals surface area contributed by atoms with Gasteiger partial charge in [0.1, 0.15) is 5.60 Å². The van der Waals surface area contributed by atoms with Crippen molar-refractivity contribution in [1.82, 2.24) is 5.32 Å². The third-order valence-electron chi connectivity index (χ3n) is 3.14. The third-order valence-corrected chi connectivity index (χ3v) is 3.14. The molecule has 1 amide bonds. The van der Waals surface area contributed by atoms with E-state index < -0.39 is 5.60 Å². The number of hydrogen-bond donors (Lipinski definition) is 1. The Morgan fingerprint density at radius 2 is 1.81 bits per heavy atom. The molecule has 0 unspecified atom stereocenters. The molecule has 1 aliphatic rings. The second kappa shape index (κ2) is 5.55. The fourth-order valence-electron chi connectivity index (χ4n) is 2.19. The summed E-state index contributed by atoms with van der Waals surface area (Å²) in [5, 5.41) is 2.96. The molecule has 1 saturated carbocycles. The predicted octanol–water partition coefficient (Wildman–Crippen LogP) is 3.48. The van der Waals surface area contributed by atoms with Crippen molar-refractivity contribution in [2.24, 2.45) is 5.92 Å². The molecule has 0 bridgehead atoms. The first-order valence-electron chi connectivity index (χ1n) is 6.40. The summed E-state index contributed by atoms with van der Waals surface area (Å²) in [5.41, 5.74) is -0.398. The van der Waals surface area contributed by atoms with Crippen LogP contribution in [0.3, 0.4) is 0 Å². The van der Waals surface area contributed by atoms with Gasteiger partial charge in [0.05, 0.1) is 0 Å². The van der Waals surface area contributed by atoms with Gasteiger partial charge in [-0.3, -0.25) is 0 Å². The summed E-state index contributed by atoms with van der Waals surface area (Å²) >= 11 is 0. The van der Waals surface area contributed by atoms with Gasteiger partial charge in [-0.05, 0) is 52.4 Å². The third kappa shape index (κ3) is 4.86. The van der Waals surface area contributed by atoms with E-state index in [-0.39, 0.29) is 6.09 Å². The van der Waals surface area contributed by atoms with Crippen LogP contribution in [-0.4, -0.2) is 17.7 Å². The van der Waals surface area contributed by atoms with Crippen LogP contribution in [0.1, 0.15) is 59.8 Å². The summed E-state index contributed by atoms with van der Waals surface area (Å²) in [6, 6.07) is 0.317. The molecule has 0 atom stereocenters. The molecule has 0 radical (unpaired) electrons. The van der Waals surface area contributed by atoms with Crippen LogP contribution in [0, 0.1) is 5.92 Å². The Kier molecular flexibility index (Phi) is 4.63. The van der Waals surface area contributed by atoms with Gasteiger partial charge >= 0.3 is 6.09 Å². The van der Waals surface area contributed by atoms with E-state index in [0.29, 0.717) is 6.04 Å². The molecular weight excluding hydrogens is 202 g/mol. The molecule has 3 nitrogen and oxygen atoms in total. The lowest BCUT2D eigenvalue weighted by Crippen LogP contribution is -2.40. The summed E-state index contributed by atoms with van der Waals surface area (Å²) in [6.45, 7) is 7.91. The van der Waals surface area contributed by atoms with Crippen LogP contribution in [0.2, 0.25) is 0 Å². The zero-order valence-corrected chi connectivity index (χ0v) is 11.0. The lowest BCUT2D eigenvalue weighted by molar-refractivity contribution is 0.0487. The number of amides is 1. The lowest BCUT2D eigenvalue weighted by Gasteiger charge is -2.29. The average molecular weight is 227 g/mol. The van der Waals surface area contributed by atoms with E-state index in [9.17, 15) is 4.79 Å². The molecule has 94 valence electrons. The van der Waals surface area contributed by atoms with Crippen molar-refractivity contribution >= 4 is 6.09 Å². The van der Waals surface area contributed by atoms with Crippen LogP contribution in [0.15, 0.2) is 0 Å². The van der Waals surface area contributed by atoms with Gasteiger partial charge in [-0.1, -0.05) is 13.3 Å². The molecule has 1 aliphatic carbocycles. The summed E-state index contributed by atoms with van der Waals surface area (Å²) < 4.78 is 5.24. The highest BCUT2D eigenvalue weighted by atomic mass is 16.6. The van der Waals surface area contributed by atoms with E-state index in [1.54, 1.807) is 0 Å². The van der Waals surface area contributed by atoms with Crippen molar-refractivity contribution in [1.29, 1.82) is 0 Å². The number of hydrogen-bond acceptors (Lipinski definition) is 2. The SMILES string of the molecule is CCC1CCC(NC(=O)OC(C)(C)C)CC1. The first-order chi connectivity index (χ1) is 7.40. The van der Waals surface area contributed by atoms with E-state index >= 15 is 0 Å². The molecule has 0 aliphatic heterocycles. The number of carbonyl (C=O) groups excluding carboxylic acids is 1. The van der Waals surface area contributed by atoms with Crippen LogP contribution in [0.25, 0.3) is 0 Å². The standard InChI is InChI=1S/C13H25NO2/c1-5-10-6-8-11(9-7-10)14-12(15)16-13(2,3)4/h10-11H,5-9H2,1-4H3,(H,14,15). The second-order valence-electron chi connectivity index (χ2n) is 5.77. The Balaban J connectivity index is 2.26. The van der Waals surface area contributed by atoms with Crippen LogP contribution in [-0.2, 0) is 4.74 Å². The number of rotatable bonds is 2. The molecular formula is C13H25NO2. The highest BCUT2D eigenvalue weighted by molar-refractivity contribution is 5.68. The quantitative estimate of drug-likeness (QED) is 0.784. The summed E-state index contributed by atoms with van der Waals surface area (Å²) in [6.07, 6.45) is 5.65. The fraction of sp³-hybridized carbons (Fsp3) is 0.923. The highest BCUT2D eigenvalue weighted by Crippen LogP contribution is 2.26. The zero-order valence-electron chi connectivity index (χ0n) is 11.0. The fourth-order valence-corrected chi connectivity index (χ4v) is 2.19. The molecule has 1 fully saturated rings. The molecule has 0 aromatic carbocycles. The number of ether oxygens (including phenoxy) is 1. The maximum atomic E-state index is 11.5. The van der Waals surface area contributed by atoms with Crippen molar-refractivity contribution in [3.05, 3.63) is 0 Å². The highest BCUT2D eigenvalue weighted by Gasteiger charge is 2.23. The minimum absolute atomic E-state index is 0.271. The lowest BCUT2D eigenvalue weighted by atomic mass is 9.85. The molecule has 0 saturated heterocycles. The molecule has 0 aromatic heterocycles. The number of nitrogens with one attached hydrogen (secondary N) is 1. The van der Waals surface area contributed by atoms with Gasteiger partial charge in [0.25, 0.3) is 0 Å². The van der Waals surface area contributed by atoms with Crippen LogP contribution < -0.4 is 5.32 Å². The van der Waals surface area contributed by atoms with Crippen molar-refractivity contribution < 1.29 is 9.53 Å². The zero-order chi connectivity index (χ0) is 12.2. The topological polar surface area (TPSA) is 38.3 Å². The minimum atomic E-state index is -0.398. The Morgan fingerprint density at radius 1 is 1.25 bits per heavy atom. The van der Waals surface area contributed by atoms with Crippen LogP contribution in [0.5, 0.6) is 0 Å². The molecule has 0 aromatic rings. The normalized spacial score (nSPS) is 26.2. The van der Waals surface area contributed by atoms with Crippen molar-refractivity contribution in [2.75, 3.05) is 0 Å². The van der Waals surface area contributed by atoms with Crippen molar-refractivity contribution in [3.63, 3.8) is 0 Å². The van der Waals surface area contributed by atoms with Gasteiger partial charge in [0, 0.05) is 6.04 Å². The van der Waals surface area contributed by atoms with Crippen LogP contribution >= 0.6 is 0 Å². The summed E-state index contributed by atoms with van der Waals surface area (Å²) in [4.78, 5) is 11.5. The average Bonchev–Trinajstić information content (AvgIpc) is 2.16. The van der Waals surface area contributed by atoms with E-state index in [4.69, 9.17) is 4.74 Å². The Bertz CT molecular complexity index is 225. The van der Waals surface area contributed by atoms with E-state index in [1.165, 1.54) is 19.3 Å². The monoisotopic (exact) mass is 227 g/mol. The van der Waals surface area contributed by atoms with E-state index in [2.05, 4.69) is 12.2 Å². The summed E-state index contributed by atoms with van der Waals surface area (Å²) in [7, 11) is 0. The second-order valence-corrected chi connectivity index (χ2v) is 5.77. The first kappa shape index (κ1) is 13.3. The van der Waals surface area contributed by atoms with Gasteiger partial charge < -0.3 is 10.1 Å². The maximum absolute atomic E-state index is 11.5. The molecule has 1 rings (SSSR count). The Labute approximate surface area is 98.9 Å². The Hall–Kier alpha value is -0.730. The van der Waals surface area contributed by atoms with Crippen molar-refractivity contribution in [2.45, 2.75) is 71.4 Å². The molecule has 3 heteroatoms. The number of carbonyl (C=O) groups is 1. The molecule has 0 spiro atoms. The van der Waals surface area contributed by atoms with Gasteiger partial charge in [0.2, 0.25) is 0 Å². The van der Waals surface area contributed by atoms with E-state index in [0.717, 1.165) is 18.8 Å². The smallest absolute Gasteiger partial charge is 0.407 e. The maximum Gasteiger partial charge on any atom is 0.407 e. The molecule has 1 N–H and O–H groups in total. The largest absolute Gasteiger partial charge is 0.444 e. The minimum Gasteiger partial charge on any atom is -0.444 e. The van der Waals surface area contributed by atoms with Gasteiger partial charge in [-0.15, -0.1) is 0 Å². The predicted molar refractivity (Wildman–Crippen MR) is 65.4 cm³/mol. The Morgan fingerprint density at radius 3 is 2.25 bits per heavy atom. The van der Waals surface area contributed by atoms with Gasteiger partial charge in [0.15, 0.2) is 0 Å². The van der Waals surface area contributed by atoms with Gasteiger partial charge in [-0.25, -0.2) is 4.79 Å². The number of alkyl carbamates (subject to hydrolysis) is 1. The molecule has 0 heterocycles. The van der Waals surface area contributed by atoms with Crippen LogP contribution in [0.4, 0.5) is 4.79 Å². The summed E-state index contributed by atoms with van der Waals surface area (Å²) in [5.74, 6) is 0.858. The van der Waals surface area contributed by atoms with Crippen molar-refractivity contribution in [3.8, 4) is 0 Å². The first-order valence-corrected chi connectivity index (χ1v) is 6.40.